The second kappa shape index (κ2) is 9.08. The Morgan fingerprint density at radius 2 is 1.85 bits per heavy atom. The van der Waals surface area contributed by atoms with Crippen molar-refractivity contribution in [3.63, 3.8) is 0 Å². The average Bonchev–Trinajstić information content (AvgIpc) is 3.18. The SMILES string of the molecule is CC(C)(C)c1ccccc1N=C(NC(=O)c1cccc(C#N)c1)Nc1ccc2[nH]c(=O)oc2c1. The topological polar surface area (TPSA) is 123 Å². The van der Waals surface area contributed by atoms with Gasteiger partial charge in [-0.3, -0.25) is 15.1 Å². The predicted molar refractivity (Wildman–Crippen MR) is 131 cm³/mol. The van der Waals surface area contributed by atoms with E-state index in [9.17, 15) is 9.59 Å². The maximum atomic E-state index is 13.0. The van der Waals surface area contributed by atoms with Crippen LogP contribution in [0.1, 0.15) is 42.3 Å². The minimum atomic E-state index is -0.550. The van der Waals surface area contributed by atoms with Crippen LogP contribution in [0.25, 0.3) is 11.1 Å². The summed E-state index contributed by atoms with van der Waals surface area (Å²) in [5, 5.41) is 15.1. The van der Waals surface area contributed by atoms with Gasteiger partial charge in [0, 0.05) is 17.3 Å². The number of para-hydroxylation sites is 1. The minimum absolute atomic E-state index is 0.177. The van der Waals surface area contributed by atoms with Gasteiger partial charge in [0.2, 0.25) is 5.96 Å². The van der Waals surface area contributed by atoms with Crippen molar-refractivity contribution in [3.05, 3.63) is 94.0 Å². The second-order valence-electron chi connectivity index (χ2n) is 8.72. The van der Waals surface area contributed by atoms with Crippen LogP contribution in [0, 0.1) is 11.3 Å². The van der Waals surface area contributed by atoms with Crippen molar-refractivity contribution in [2.24, 2.45) is 4.99 Å². The van der Waals surface area contributed by atoms with Crippen LogP contribution in [0.5, 0.6) is 0 Å². The summed E-state index contributed by atoms with van der Waals surface area (Å²) < 4.78 is 5.14. The molecule has 0 aliphatic carbocycles. The predicted octanol–water partition coefficient (Wildman–Crippen LogP) is 4.82. The number of aliphatic imine (C=N–C) groups is 1. The quantitative estimate of drug-likeness (QED) is 0.303. The Morgan fingerprint density at radius 1 is 1.06 bits per heavy atom. The molecule has 0 atom stereocenters. The summed E-state index contributed by atoms with van der Waals surface area (Å²) in [7, 11) is 0. The van der Waals surface area contributed by atoms with Crippen molar-refractivity contribution < 1.29 is 9.21 Å². The van der Waals surface area contributed by atoms with Crippen molar-refractivity contribution in [2.45, 2.75) is 26.2 Å². The summed E-state index contributed by atoms with van der Waals surface area (Å²) in [4.78, 5) is 31.8. The molecule has 1 amide bonds. The van der Waals surface area contributed by atoms with E-state index in [1.807, 2.05) is 30.3 Å². The number of nitriles is 1. The largest absolute Gasteiger partial charge is 0.417 e. The van der Waals surface area contributed by atoms with Gasteiger partial charge < -0.3 is 9.73 Å². The Balaban J connectivity index is 1.74. The van der Waals surface area contributed by atoms with Gasteiger partial charge in [0.1, 0.15) is 0 Å². The highest BCUT2D eigenvalue weighted by Gasteiger charge is 2.18. The zero-order valence-corrected chi connectivity index (χ0v) is 19.0. The lowest BCUT2D eigenvalue weighted by molar-refractivity contribution is 0.0977. The number of aromatic amines is 1. The molecule has 0 aliphatic heterocycles. The van der Waals surface area contributed by atoms with Gasteiger partial charge in [0.15, 0.2) is 5.58 Å². The van der Waals surface area contributed by atoms with Gasteiger partial charge in [0.25, 0.3) is 5.91 Å². The lowest BCUT2D eigenvalue weighted by Gasteiger charge is -2.21. The van der Waals surface area contributed by atoms with Gasteiger partial charge in [-0.2, -0.15) is 5.26 Å². The summed E-state index contributed by atoms with van der Waals surface area (Å²) >= 11 is 0. The molecule has 0 spiro atoms. The third-order valence-electron chi connectivity index (χ3n) is 5.11. The number of rotatable bonds is 3. The highest BCUT2D eigenvalue weighted by molar-refractivity contribution is 6.11. The number of hydrogen-bond acceptors (Lipinski definition) is 5. The van der Waals surface area contributed by atoms with E-state index in [-0.39, 0.29) is 11.4 Å². The first-order chi connectivity index (χ1) is 16.2. The molecule has 0 bridgehead atoms. The molecule has 4 rings (SSSR count). The Bertz CT molecular complexity index is 1500. The summed E-state index contributed by atoms with van der Waals surface area (Å²) in [5.74, 6) is -0.794. The monoisotopic (exact) mass is 453 g/mol. The molecular weight excluding hydrogens is 430 g/mol. The van der Waals surface area contributed by atoms with E-state index in [0.717, 1.165) is 5.56 Å². The summed E-state index contributed by atoms with van der Waals surface area (Å²) in [6.45, 7) is 6.26. The van der Waals surface area contributed by atoms with Crippen LogP contribution in [0.15, 0.2) is 80.9 Å². The van der Waals surface area contributed by atoms with E-state index in [1.54, 1.807) is 36.4 Å². The van der Waals surface area contributed by atoms with Crippen molar-refractivity contribution in [1.82, 2.24) is 10.3 Å². The average molecular weight is 454 g/mol. The third-order valence-corrected chi connectivity index (χ3v) is 5.11. The number of guanidine groups is 1. The van der Waals surface area contributed by atoms with Gasteiger partial charge in [-0.1, -0.05) is 45.0 Å². The van der Waals surface area contributed by atoms with E-state index >= 15 is 0 Å². The maximum absolute atomic E-state index is 13.0. The molecule has 1 aromatic heterocycles. The van der Waals surface area contributed by atoms with Crippen molar-refractivity contribution in [2.75, 3.05) is 5.32 Å². The zero-order chi connectivity index (χ0) is 24.3. The number of aromatic nitrogens is 1. The fourth-order valence-electron chi connectivity index (χ4n) is 3.48. The molecule has 0 unspecified atom stereocenters. The van der Waals surface area contributed by atoms with E-state index in [2.05, 4.69) is 36.4 Å². The van der Waals surface area contributed by atoms with Gasteiger partial charge in [-0.05, 0) is 47.4 Å². The molecule has 8 heteroatoms. The number of fused-ring (bicyclic) bond motifs is 1. The third kappa shape index (κ3) is 5.05. The zero-order valence-electron chi connectivity index (χ0n) is 19.0. The van der Waals surface area contributed by atoms with Crippen LogP contribution in [-0.4, -0.2) is 16.9 Å². The molecule has 1 heterocycles. The highest BCUT2D eigenvalue weighted by Crippen LogP contribution is 2.31. The van der Waals surface area contributed by atoms with Crippen LogP contribution in [0.2, 0.25) is 0 Å². The Kier molecular flexibility index (Phi) is 6.02. The van der Waals surface area contributed by atoms with Crippen LogP contribution in [-0.2, 0) is 5.41 Å². The molecule has 3 N–H and O–H groups in total. The van der Waals surface area contributed by atoms with Gasteiger partial charge >= 0.3 is 5.76 Å². The minimum Gasteiger partial charge on any atom is -0.408 e. The fraction of sp³-hybridized carbons (Fsp3) is 0.154. The van der Waals surface area contributed by atoms with Crippen molar-refractivity contribution in [3.8, 4) is 6.07 Å². The van der Waals surface area contributed by atoms with Gasteiger partial charge in [-0.15, -0.1) is 0 Å². The number of H-pyrrole nitrogens is 1. The molecule has 8 nitrogen and oxygen atoms in total. The van der Waals surface area contributed by atoms with Crippen molar-refractivity contribution in [1.29, 1.82) is 5.26 Å². The molecule has 0 saturated carbocycles. The lowest BCUT2D eigenvalue weighted by atomic mass is 9.86. The molecule has 170 valence electrons. The Hall–Kier alpha value is -4.64. The number of amides is 1. The maximum Gasteiger partial charge on any atom is 0.417 e. The fourth-order valence-corrected chi connectivity index (χ4v) is 3.48. The molecular formula is C26H23N5O3. The number of carbonyl (C=O) groups excluding carboxylic acids is 1. The van der Waals surface area contributed by atoms with Gasteiger partial charge in [0.05, 0.1) is 22.8 Å². The normalized spacial score (nSPS) is 11.8. The number of hydrogen-bond donors (Lipinski definition) is 3. The van der Waals surface area contributed by atoms with Gasteiger partial charge in [-0.25, -0.2) is 9.79 Å². The van der Waals surface area contributed by atoms with E-state index < -0.39 is 11.7 Å². The summed E-state index contributed by atoms with van der Waals surface area (Å²) in [5.41, 5.74) is 3.72. The molecule has 34 heavy (non-hydrogen) atoms. The number of nitrogens with one attached hydrogen (secondary N) is 3. The Morgan fingerprint density at radius 3 is 2.62 bits per heavy atom. The van der Waals surface area contributed by atoms with E-state index in [1.165, 1.54) is 6.07 Å². The summed E-state index contributed by atoms with van der Waals surface area (Å²) in [6, 6.07) is 21.2. The number of oxazole rings is 1. The second-order valence-corrected chi connectivity index (χ2v) is 8.72. The van der Waals surface area contributed by atoms with E-state index in [4.69, 9.17) is 14.7 Å². The van der Waals surface area contributed by atoms with Crippen LogP contribution in [0.4, 0.5) is 11.4 Å². The first-order valence-electron chi connectivity index (χ1n) is 10.6. The number of anilines is 1. The number of nitrogens with zero attached hydrogens (tertiary/aromatic N) is 2. The molecule has 0 radical (unpaired) electrons. The molecule has 0 fully saturated rings. The molecule has 0 aliphatic rings. The lowest BCUT2D eigenvalue weighted by Crippen LogP contribution is -2.36. The first-order valence-corrected chi connectivity index (χ1v) is 10.6. The smallest absolute Gasteiger partial charge is 0.408 e. The van der Waals surface area contributed by atoms with Crippen LogP contribution < -0.4 is 16.4 Å². The summed E-state index contributed by atoms with van der Waals surface area (Å²) in [6.07, 6.45) is 0. The van der Waals surface area contributed by atoms with Crippen LogP contribution >= 0.6 is 0 Å². The van der Waals surface area contributed by atoms with Crippen molar-refractivity contribution >= 4 is 34.3 Å². The van der Waals surface area contributed by atoms with E-state index in [0.29, 0.717) is 33.6 Å². The number of carbonyl (C=O) groups is 1. The highest BCUT2D eigenvalue weighted by atomic mass is 16.4. The first kappa shape index (κ1) is 22.6. The molecule has 0 saturated heterocycles. The number of benzene rings is 3. The van der Waals surface area contributed by atoms with Crippen LogP contribution in [0.3, 0.4) is 0 Å². The standard InChI is InChI=1S/C26H23N5O3/c1-26(2,3)19-9-4-5-10-20(19)29-24(31-23(32)17-8-6-7-16(13-17)15-27)28-18-11-12-21-22(14-18)34-25(33)30-21/h4-14H,1-3H3,(H,30,33)(H2,28,29,31,32). The molecule has 4 aromatic rings. The molecule has 3 aromatic carbocycles. The Labute approximate surface area is 196 Å².